The van der Waals surface area contributed by atoms with Gasteiger partial charge in [0.2, 0.25) is 0 Å². The number of thioether (sulfide) groups is 1. The van der Waals surface area contributed by atoms with Crippen molar-refractivity contribution in [2.45, 2.75) is 22.8 Å². The van der Waals surface area contributed by atoms with Crippen molar-refractivity contribution in [3.63, 3.8) is 0 Å². The van der Waals surface area contributed by atoms with Crippen molar-refractivity contribution in [2.24, 2.45) is 0 Å². The van der Waals surface area contributed by atoms with Crippen molar-refractivity contribution in [2.75, 3.05) is 17.8 Å². The Morgan fingerprint density at radius 2 is 1.67 bits per heavy atom. The zero-order valence-electron chi connectivity index (χ0n) is 12.3. The molecule has 0 radical (unpaired) electrons. The first kappa shape index (κ1) is 15.9. The van der Waals surface area contributed by atoms with E-state index in [1.807, 2.05) is 36.6 Å². The first-order valence-electron chi connectivity index (χ1n) is 6.61. The van der Waals surface area contributed by atoms with Crippen LogP contribution in [-0.4, -0.2) is 20.9 Å². The number of nitrogens with one attached hydrogen (secondary N) is 1. The highest BCUT2D eigenvalue weighted by atomic mass is 32.2. The van der Waals surface area contributed by atoms with Crippen molar-refractivity contribution in [1.29, 1.82) is 0 Å². The Balaban J connectivity index is 2.19. The van der Waals surface area contributed by atoms with Gasteiger partial charge in [0.15, 0.2) is 9.84 Å². The molecule has 0 amide bonds. The third kappa shape index (κ3) is 4.02. The maximum Gasteiger partial charge on any atom is 0.175 e. The molecule has 0 aliphatic carbocycles. The van der Waals surface area contributed by atoms with Crippen LogP contribution < -0.4 is 5.32 Å². The summed E-state index contributed by atoms with van der Waals surface area (Å²) >= 11 is 1.70. The van der Waals surface area contributed by atoms with Crippen LogP contribution in [0.2, 0.25) is 0 Å². The van der Waals surface area contributed by atoms with Crippen LogP contribution in [0.15, 0.2) is 58.3 Å². The molecule has 0 aliphatic heterocycles. The topological polar surface area (TPSA) is 46.2 Å². The van der Waals surface area contributed by atoms with E-state index in [1.54, 1.807) is 23.9 Å². The first-order valence-corrected chi connectivity index (χ1v) is 9.73. The molecule has 1 atom stereocenters. The van der Waals surface area contributed by atoms with E-state index in [-0.39, 0.29) is 6.04 Å². The van der Waals surface area contributed by atoms with Crippen LogP contribution in [0.5, 0.6) is 0 Å². The van der Waals surface area contributed by atoms with Crippen LogP contribution in [0.4, 0.5) is 5.69 Å². The van der Waals surface area contributed by atoms with Gasteiger partial charge in [0.05, 0.1) is 4.90 Å². The number of para-hydroxylation sites is 1. The minimum absolute atomic E-state index is 0.104. The minimum atomic E-state index is -3.14. The molecule has 1 N–H and O–H groups in total. The predicted octanol–water partition coefficient (Wildman–Crippen LogP) is 3.99. The number of sulfone groups is 1. The summed E-state index contributed by atoms with van der Waals surface area (Å²) in [6.07, 6.45) is 3.27. The fourth-order valence-corrected chi connectivity index (χ4v) is 3.28. The van der Waals surface area contributed by atoms with E-state index in [0.717, 1.165) is 11.3 Å². The largest absolute Gasteiger partial charge is 0.378 e. The number of hydrogen-bond acceptors (Lipinski definition) is 4. The highest BCUT2D eigenvalue weighted by Crippen LogP contribution is 2.28. The second kappa shape index (κ2) is 6.54. The standard InChI is InChI=1S/C16H19NO2S2/c1-12(17-15-6-4-5-7-16(15)20-2)13-8-10-14(11-9-13)21(3,18)19/h4-12,17H,1-3H3. The second-order valence-electron chi connectivity index (χ2n) is 4.91. The fourth-order valence-electron chi connectivity index (χ4n) is 2.08. The average molecular weight is 321 g/mol. The second-order valence-corrected chi connectivity index (χ2v) is 7.77. The molecule has 0 bridgehead atoms. The molecule has 0 aromatic heterocycles. The molecule has 2 aromatic carbocycles. The molecule has 5 heteroatoms. The summed E-state index contributed by atoms with van der Waals surface area (Å²) in [6, 6.07) is 15.3. The van der Waals surface area contributed by atoms with Crippen LogP contribution in [0.1, 0.15) is 18.5 Å². The predicted molar refractivity (Wildman–Crippen MR) is 89.8 cm³/mol. The van der Waals surface area contributed by atoms with Crippen molar-refractivity contribution in [1.82, 2.24) is 0 Å². The molecule has 0 heterocycles. The Bertz CT molecular complexity index is 709. The van der Waals surface area contributed by atoms with E-state index in [0.29, 0.717) is 4.90 Å². The van der Waals surface area contributed by atoms with E-state index < -0.39 is 9.84 Å². The summed E-state index contributed by atoms with van der Waals surface area (Å²) in [7, 11) is -3.14. The van der Waals surface area contributed by atoms with E-state index in [1.165, 1.54) is 11.2 Å². The van der Waals surface area contributed by atoms with Gasteiger partial charge in [-0.15, -0.1) is 11.8 Å². The molecule has 0 saturated heterocycles. The fraction of sp³-hybridized carbons (Fsp3) is 0.250. The van der Waals surface area contributed by atoms with Gasteiger partial charge >= 0.3 is 0 Å². The van der Waals surface area contributed by atoms with Gasteiger partial charge < -0.3 is 5.32 Å². The van der Waals surface area contributed by atoms with Gasteiger partial charge in [-0.1, -0.05) is 24.3 Å². The summed E-state index contributed by atoms with van der Waals surface area (Å²) in [5, 5.41) is 3.47. The van der Waals surface area contributed by atoms with Gasteiger partial charge in [0.1, 0.15) is 0 Å². The highest BCUT2D eigenvalue weighted by molar-refractivity contribution is 7.98. The maximum absolute atomic E-state index is 11.5. The van der Waals surface area contributed by atoms with Gasteiger partial charge in [-0.2, -0.15) is 0 Å². The summed E-state index contributed by atoms with van der Waals surface area (Å²) in [5.74, 6) is 0. The molecule has 0 fully saturated rings. The summed E-state index contributed by atoms with van der Waals surface area (Å²) in [6.45, 7) is 2.06. The summed E-state index contributed by atoms with van der Waals surface area (Å²) < 4.78 is 22.9. The van der Waals surface area contributed by atoms with Crippen LogP contribution in [0.25, 0.3) is 0 Å². The Labute approximate surface area is 130 Å². The molecular formula is C16H19NO2S2. The van der Waals surface area contributed by atoms with Crippen LogP contribution in [0, 0.1) is 0 Å². The number of benzene rings is 2. The molecule has 112 valence electrons. The average Bonchev–Trinajstić information content (AvgIpc) is 2.47. The van der Waals surface area contributed by atoms with Gasteiger partial charge in [-0.3, -0.25) is 0 Å². The molecular weight excluding hydrogens is 302 g/mol. The maximum atomic E-state index is 11.5. The zero-order chi connectivity index (χ0) is 15.5. The lowest BCUT2D eigenvalue weighted by molar-refractivity contribution is 0.602. The van der Waals surface area contributed by atoms with Gasteiger partial charge in [0, 0.05) is 22.9 Å². The summed E-state index contributed by atoms with van der Waals surface area (Å²) in [5.41, 5.74) is 2.14. The zero-order valence-corrected chi connectivity index (χ0v) is 14.0. The Kier molecular flexibility index (Phi) is 4.96. The van der Waals surface area contributed by atoms with Crippen molar-refractivity contribution in [3.8, 4) is 0 Å². The monoisotopic (exact) mass is 321 g/mol. The number of anilines is 1. The van der Waals surface area contributed by atoms with E-state index >= 15 is 0 Å². The van der Waals surface area contributed by atoms with Crippen molar-refractivity contribution in [3.05, 3.63) is 54.1 Å². The van der Waals surface area contributed by atoms with E-state index in [4.69, 9.17) is 0 Å². The molecule has 2 rings (SSSR count). The molecule has 21 heavy (non-hydrogen) atoms. The third-order valence-corrected chi connectivity index (χ3v) is 5.21. The normalized spacial score (nSPS) is 12.9. The lowest BCUT2D eigenvalue weighted by atomic mass is 10.1. The third-order valence-electron chi connectivity index (χ3n) is 3.29. The molecule has 2 aromatic rings. The lowest BCUT2D eigenvalue weighted by Crippen LogP contribution is -2.07. The lowest BCUT2D eigenvalue weighted by Gasteiger charge is -2.18. The quantitative estimate of drug-likeness (QED) is 0.846. The molecule has 0 aliphatic rings. The molecule has 0 spiro atoms. The molecule has 1 unspecified atom stereocenters. The Morgan fingerprint density at radius 3 is 2.24 bits per heavy atom. The van der Waals surface area contributed by atoms with Crippen LogP contribution >= 0.6 is 11.8 Å². The SMILES string of the molecule is CSc1ccccc1NC(C)c1ccc(S(C)(=O)=O)cc1. The molecule has 0 saturated carbocycles. The van der Waals surface area contributed by atoms with Gasteiger partial charge in [0.25, 0.3) is 0 Å². The first-order chi connectivity index (χ1) is 9.91. The highest BCUT2D eigenvalue weighted by Gasteiger charge is 2.10. The van der Waals surface area contributed by atoms with Crippen molar-refractivity contribution >= 4 is 27.3 Å². The van der Waals surface area contributed by atoms with Crippen molar-refractivity contribution < 1.29 is 8.42 Å². The van der Waals surface area contributed by atoms with Crippen LogP contribution in [0.3, 0.4) is 0 Å². The van der Waals surface area contributed by atoms with E-state index in [9.17, 15) is 8.42 Å². The van der Waals surface area contributed by atoms with Crippen LogP contribution in [-0.2, 0) is 9.84 Å². The smallest absolute Gasteiger partial charge is 0.175 e. The number of rotatable bonds is 5. The van der Waals surface area contributed by atoms with Gasteiger partial charge in [-0.25, -0.2) is 8.42 Å². The molecule has 3 nitrogen and oxygen atoms in total. The van der Waals surface area contributed by atoms with Gasteiger partial charge in [-0.05, 0) is 43.0 Å². The Morgan fingerprint density at radius 1 is 1.05 bits per heavy atom. The summed E-state index contributed by atoms with van der Waals surface area (Å²) in [4.78, 5) is 1.54. The Hall–Kier alpha value is -1.46. The number of hydrogen-bond donors (Lipinski definition) is 1. The minimum Gasteiger partial charge on any atom is -0.378 e. The van der Waals surface area contributed by atoms with E-state index in [2.05, 4.69) is 18.3 Å².